The summed E-state index contributed by atoms with van der Waals surface area (Å²) >= 11 is 12.6. The van der Waals surface area contributed by atoms with Crippen molar-refractivity contribution in [3.05, 3.63) is 64.7 Å². The number of methoxy groups -OCH3 is 1. The lowest BCUT2D eigenvalue weighted by atomic mass is 10.2. The molecule has 0 aliphatic heterocycles. The second kappa shape index (κ2) is 9.25. The van der Waals surface area contributed by atoms with Gasteiger partial charge in [-0.3, -0.25) is 0 Å². The van der Waals surface area contributed by atoms with Crippen LogP contribution in [-0.4, -0.2) is 41.4 Å². The Bertz CT molecular complexity index is 894. The van der Waals surface area contributed by atoms with Crippen molar-refractivity contribution in [2.45, 2.75) is 0 Å². The first-order valence-corrected chi connectivity index (χ1v) is 8.69. The van der Waals surface area contributed by atoms with Crippen LogP contribution in [0.25, 0.3) is 0 Å². The van der Waals surface area contributed by atoms with Crippen LogP contribution in [0.3, 0.4) is 0 Å². The van der Waals surface area contributed by atoms with E-state index in [4.69, 9.17) is 37.4 Å². The molecule has 0 saturated heterocycles. The molecule has 27 heavy (non-hydrogen) atoms. The van der Waals surface area contributed by atoms with Gasteiger partial charge in [-0.1, -0.05) is 35.3 Å². The molecule has 7 nitrogen and oxygen atoms in total. The van der Waals surface area contributed by atoms with Crippen LogP contribution in [-0.2, 0) is 0 Å². The minimum absolute atomic E-state index is 0.269. The van der Waals surface area contributed by atoms with Crippen LogP contribution in [0.2, 0.25) is 10.0 Å². The molecule has 0 saturated carbocycles. The first-order valence-electron chi connectivity index (χ1n) is 7.94. The van der Waals surface area contributed by atoms with E-state index in [1.165, 1.54) is 17.3 Å². The zero-order valence-corrected chi connectivity index (χ0v) is 15.9. The Morgan fingerprint density at radius 3 is 2.30 bits per heavy atom. The number of para-hydroxylation sites is 2. The van der Waals surface area contributed by atoms with Crippen LogP contribution in [0.4, 0.5) is 0 Å². The van der Waals surface area contributed by atoms with Crippen molar-refractivity contribution in [1.82, 2.24) is 14.9 Å². The summed E-state index contributed by atoms with van der Waals surface area (Å²) < 4.78 is 18.0. The number of benzene rings is 2. The fourth-order valence-electron chi connectivity index (χ4n) is 2.21. The normalized spacial score (nSPS) is 10.9. The van der Waals surface area contributed by atoms with Crippen LogP contribution in [0, 0.1) is 0 Å². The predicted molar refractivity (Wildman–Crippen MR) is 103 cm³/mol. The van der Waals surface area contributed by atoms with E-state index in [-0.39, 0.29) is 6.61 Å². The maximum absolute atomic E-state index is 6.28. The predicted octanol–water partition coefficient (Wildman–Crippen LogP) is 3.93. The molecule has 0 amide bonds. The van der Waals surface area contributed by atoms with E-state index in [1.807, 2.05) is 24.3 Å². The van der Waals surface area contributed by atoms with Gasteiger partial charge in [0.1, 0.15) is 25.9 Å². The Morgan fingerprint density at radius 2 is 1.63 bits per heavy atom. The van der Waals surface area contributed by atoms with Crippen molar-refractivity contribution in [2.75, 3.05) is 20.3 Å². The fourth-order valence-corrected chi connectivity index (χ4v) is 2.83. The molecule has 140 valence electrons. The minimum atomic E-state index is 0.269. The molecule has 2 aromatic carbocycles. The van der Waals surface area contributed by atoms with Gasteiger partial charge in [-0.25, -0.2) is 4.68 Å². The molecule has 0 bridgehead atoms. The molecule has 3 aromatic rings. The summed E-state index contributed by atoms with van der Waals surface area (Å²) in [4.78, 5) is 0. The van der Waals surface area contributed by atoms with Crippen LogP contribution in [0.1, 0.15) is 5.56 Å². The average molecular weight is 407 g/mol. The lowest BCUT2D eigenvalue weighted by Crippen LogP contribution is -2.10. The van der Waals surface area contributed by atoms with Crippen molar-refractivity contribution in [1.29, 1.82) is 0 Å². The quantitative estimate of drug-likeness (QED) is 0.418. The van der Waals surface area contributed by atoms with Gasteiger partial charge < -0.3 is 14.2 Å². The molecular weight excluding hydrogens is 391 g/mol. The van der Waals surface area contributed by atoms with E-state index >= 15 is 0 Å². The summed E-state index contributed by atoms with van der Waals surface area (Å²) in [5.74, 6) is 1.69. The zero-order valence-electron chi connectivity index (χ0n) is 14.4. The summed E-state index contributed by atoms with van der Waals surface area (Å²) in [6.07, 6.45) is 4.54. The molecule has 0 N–H and O–H groups in total. The van der Waals surface area contributed by atoms with Gasteiger partial charge in [0, 0.05) is 0 Å². The Labute approximate surface area is 166 Å². The zero-order chi connectivity index (χ0) is 19.1. The maximum atomic E-state index is 6.28. The van der Waals surface area contributed by atoms with Crippen molar-refractivity contribution < 1.29 is 14.2 Å². The molecule has 1 aromatic heterocycles. The smallest absolute Gasteiger partial charge is 0.161 e. The summed E-state index contributed by atoms with van der Waals surface area (Å²) in [5.41, 5.74) is 0.719. The number of rotatable bonds is 8. The molecule has 0 aliphatic rings. The second-order valence-electron chi connectivity index (χ2n) is 5.25. The molecule has 1 heterocycles. The average Bonchev–Trinajstić information content (AvgIpc) is 3.19. The summed E-state index contributed by atoms with van der Waals surface area (Å²) in [5, 5.41) is 12.2. The monoisotopic (exact) mass is 406 g/mol. The van der Waals surface area contributed by atoms with Crippen molar-refractivity contribution in [2.24, 2.45) is 5.10 Å². The number of halogens is 2. The van der Waals surface area contributed by atoms with Crippen LogP contribution in [0.5, 0.6) is 17.2 Å². The fraction of sp³-hybridized carbons (Fsp3) is 0.167. The lowest BCUT2D eigenvalue weighted by molar-refractivity contribution is 0.211. The highest BCUT2D eigenvalue weighted by atomic mass is 35.5. The van der Waals surface area contributed by atoms with E-state index in [0.717, 1.165) is 5.56 Å². The largest absolute Gasteiger partial charge is 0.493 e. The molecular formula is C18H16Cl2N4O3. The van der Waals surface area contributed by atoms with Gasteiger partial charge in [-0.15, -0.1) is 10.2 Å². The number of hydrogen-bond donors (Lipinski definition) is 0. The van der Waals surface area contributed by atoms with Gasteiger partial charge in [0.2, 0.25) is 0 Å². The van der Waals surface area contributed by atoms with E-state index in [9.17, 15) is 0 Å². The standard InChI is InChI=1S/C18H16Cl2N4O3/c1-25-16-4-2-3-5-17(16)26-6-7-27-18-14(19)8-13(9-15(18)20)10-23-24-11-21-22-12-24/h2-5,8-12H,6-7H2,1H3. The molecule has 3 rings (SSSR count). The number of nitrogens with zero attached hydrogens (tertiary/aromatic N) is 4. The first-order chi connectivity index (χ1) is 13.2. The van der Waals surface area contributed by atoms with Crippen molar-refractivity contribution >= 4 is 29.4 Å². The minimum Gasteiger partial charge on any atom is -0.493 e. The Morgan fingerprint density at radius 1 is 1.00 bits per heavy atom. The highest BCUT2D eigenvalue weighted by Gasteiger charge is 2.10. The summed E-state index contributed by atoms with van der Waals surface area (Å²) in [7, 11) is 1.59. The van der Waals surface area contributed by atoms with Gasteiger partial charge in [0.05, 0.1) is 23.4 Å². The van der Waals surface area contributed by atoms with Crippen LogP contribution >= 0.6 is 23.2 Å². The van der Waals surface area contributed by atoms with Gasteiger partial charge in [-0.05, 0) is 29.8 Å². The maximum Gasteiger partial charge on any atom is 0.161 e. The highest BCUT2D eigenvalue weighted by molar-refractivity contribution is 6.37. The van der Waals surface area contributed by atoms with E-state index in [2.05, 4.69) is 15.3 Å². The van der Waals surface area contributed by atoms with E-state index in [1.54, 1.807) is 25.5 Å². The summed E-state index contributed by atoms with van der Waals surface area (Å²) in [6, 6.07) is 10.8. The van der Waals surface area contributed by atoms with Crippen LogP contribution < -0.4 is 14.2 Å². The topological polar surface area (TPSA) is 70.8 Å². The SMILES string of the molecule is COc1ccccc1OCCOc1c(Cl)cc(C=Nn2cnnc2)cc1Cl. The van der Waals surface area contributed by atoms with Crippen molar-refractivity contribution in [3.8, 4) is 17.2 Å². The van der Waals surface area contributed by atoms with Crippen molar-refractivity contribution in [3.63, 3.8) is 0 Å². The van der Waals surface area contributed by atoms with Crippen LogP contribution in [0.15, 0.2) is 54.2 Å². The molecule has 0 atom stereocenters. The third-order valence-electron chi connectivity index (χ3n) is 3.42. The molecule has 0 unspecified atom stereocenters. The molecule has 0 fully saturated rings. The first kappa shape index (κ1) is 19.0. The highest BCUT2D eigenvalue weighted by Crippen LogP contribution is 2.34. The Hall–Kier alpha value is -2.77. The van der Waals surface area contributed by atoms with E-state index < -0.39 is 0 Å². The molecule has 0 spiro atoms. The number of hydrogen-bond acceptors (Lipinski definition) is 6. The lowest BCUT2D eigenvalue weighted by Gasteiger charge is -2.13. The third-order valence-corrected chi connectivity index (χ3v) is 3.99. The van der Waals surface area contributed by atoms with Gasteiger partial charge in [0.25, 0.3) is 0 Å². The number of ether oxygens (including phenoxy) is 3. The Kier molecular flexibility index (Phi) is 6.51. The molecule has 0 radical (unpaired) electrons. The number of aromatic nitrogens is 3. The molecule has 9 heteroatoms. The molecule has 0 aliphatic carbocycles. The Balaban J connectivity index is 1.58. The van der Waals surface area contributed by atoms with E-state index in [0.29, 0.717) is 33.9 Å². The van der Waals surface area contributed by atoms with Gasteiger partial charge in [-0.2, -0.15) is 5.10 Å². The summed E-state index contributed by atoms with van der Waals surface area (Å²) in [6.45, 7) is 0.579. The van der Waals surface area contributed by atoms with Gasteiger partial charge >= 0.3 is 0 Å². The second-order valence-corrected chi connectivity index (χ2v) is 6.06. The van der Waals surface area contributed by atoms with Gasteiger partial charge in [0.15, 0.2) is 17.2 Å². The third kappa shape index (κ3) is 5.12.